The fraction of sp³-hybridized carbons (Fsp3) is 0.611. The molecule has 6 heteroatoms. The summed E-state index contributed by atoms with van der Waals surface area (Å²) >= 11 is 1.70. The number of nitrogens with one attached hydrogen (secondary N) is 2. The second kappa shape index (κ2) is 10.6. The minimum atomic E-state index is -0.174. The molecule has 0 aliphatic carbocycles. The van der Waals surface area contributed by atoms with Crippen LogP contribution in [0.15, 0.2) is 23.2 Å². The predicted molar refractivity (Wildman–Crippen MR) is 102 cm³/mol. The van der Waals surface area contributed by atoms with Gasteiger partial charge in [0, 0.05) is 32.4 Å². The lowest BCUT2D eigenvalue weighted by molar-refractivity contribution is 0.232. The van der Waals surface area contributed by atoms with Crippen molar-refractivity contribution in [1.82, 2.24) is 15.5 Å². The Morgan fingerprint density at radius 3 is 2.71 bits per heavy atom. The molecule has 1 saturated heterocycles. The Labute approximate surface area is 149 Å². The van der Waals surface area contributed by atoms with Crippen LogP contribution >= 0.6 is 11.8 Å². The molecule has 134 valence electrons. The lowest BCUT2D eigenvalue weighted by Gasteiger charge is -2.26. The molecule has 0 aromatic heterocycles. The third-order valence-electron chi connectivity index (χ3n) is 4.31. The summed E-state index contributed by atoms with van der Waals surface area (Å²) < 4.78 is 13.4. The first-order valence-corrected chi connectivity index (χ1v) is 10.1. The zero-order valence-corrected chi connectivity index (χ0v) is 15.6. The normalized spacial score (nSPS) is 16.2. The number of likely N-dealkylation sites (tertiary alicyclic amines) is 1. The van der Waals surface area contributed by atoms with Crippen molar-refractivity contribution in [3.05, 3.63) is 35.1 Å². The van der Waals surface area contributed by atoms with Gasteiger partial charge in [0.05, 0.1) is 0 Å². The van der Waals surface area contributed by atoms with Gasteiger partial charge in [-0.2, -0.15) is 11.8 Å². The summed E-state index contributed by atoms with van der Waals surface area (Å²) in [6.45, 7) is 5.01. The second-order valence-electron chi connectivity index (χ2n) is 6.10. The molecule has 1 aromatic carbocycles. The van der Waals surface area contributed by atoms with E-state index in [1.54, 1.807) is 24.9 Å². The number of guanidine groups is 1. The van der Waals surface area contributed by atoms with Crippen LogP contribution in [0.2, 0.25) is 0 Å². The maximum atomic E-state index is 13.4. The van der Waals surface area contributed by atoms with Crippen LogP contribution < -0.4 is 10.6 Å². The number of hydrogen-bond acceptors (Lipinski definition) is 3. The lowest BCUT2D eigenvalue weighted by atomic mass is 10.1. The molecule has 1 fully saturated rings. The van der Waals surface area contributed by atoms with E-state index in [1.807, 2.05) is 12.3 Å². The molecule has 4 nitrogen and oxygen atoms in total. The van der Waals surface area contributed by atoms with Gasteiger partial charge in [-0.05, 0) is 55.4 Å². The summed E-state index contributed by atoms with van der Waals surface area (Å²) in [4.78, 5) is 6.78. The SMILES string of the molecule is CN=C(NCCN1CCCCC1)NCc1ccc(F)cc1CSC. The molecule has 0 saturated carbocycles. The van der Waals surface area contributed by atoms with Gasteiger partial charge in [0.15, 0.2) is 5.96 Å². The topological polar surface area (TPSA) is 39.7 Å². The molecule has 0 atom stereocenters. The van der Waals surface area contributed by atoms with Crippen LogP contribution in [0.3, 0.4) is 0 Å². The van der Waals surface area contributed by atoms with E-state index >= 15 is 0 Å². The molecule has 1 aliphatic rings. The molecule has 0 amide bonds. The highest BCUT2D eigenvalue weighted by Crippen LogP contribution is 2.16. The monoisotopic (exact) mass is 352 g/mol. The van der Waals surface area contributed by atoms with Crippen molar-refractivity contribution in [2.24, 2.45) is 4.99 Å². The number of aliphatic imine (C=N–C) groups is 1. The highest BCUT2D eigenvalue weighted by molar-refractivity contribution is 7.97. The molecule has 1 aromatic rings. The quantitative estimate of drug-likeness (QED) is 0.585. The smallest absolute Gasteiger partial charge is 0.191 e. The molecule has 0 unspecified atom stereocenters. The molecule has 1 heterocycles. The first kappa shape index (κ1) is 19.1. The summed E-state index contributed by atoms with van der Waals surface area (Å²) in [6.07, 6.45) is 6.03. The van der Waals surface area contributed by atoms with Crippen molar-refractivity contribution >= 4 is 17.7 Å². The highest BCUT2D eigenvalue weighted by Gasteiger charge is 2.10. The zero-order valence-electron chi connectivity index (χ0n) is 14.8. The number of rotatable bonds is 7. The number of benzene rings is 1. The van der Waals surface area contributed by atoms with E-state index in [0.29, 0.717) is 6.54 Å². The van der Waals surface area contributed by atoms with E-state index in [1.165, 1.54) is 38.4 Å². The minimum absolute atomic E-state index is 0.174. The molecule has 0 spiro atoms. The van der Waals surface area contributed by atoms with Crippen molar-refractivity contribution in [1.29, 1.82) is 0 Å². The van der Waals surface area contributed by atoms with Crippen LogP contribution in [0, 0.1) is 5.82 Å². The summed E-state index contributed by atoms with van der Waals surface area (Å²) in [7, 11) is 1.78. The second-order valence-corrected chi connectivity index (χ2v) is 6.97. The first-order chi connectivity index (χ1) is 11.7. The molecule has 24 heavy (non-hydrogen) atoms. The van der Waals surface area contributed by atoms with Gasteiger partial charge in [-0.3, -0.25) is 4.99 Å². The molecular formula is C18H29FN4S. The van der Waals surface area contributed by atoms with E-state index < -0.39 is 0 Å². The van der Waals surface area contributed by atoms with Crippen LogP contribution in [0.5, 0.6) is 0 Å². The van der Waals surface area contributed by atoms with Crippen molar-refractivity contribution < 1.29 is 4.39 Å². The van der Waals surface area contributed by atoms with Gasteiger partial charge in [0.1, 0.15) is 5.82 Å². The van der Waals surface area contributed by atoms with Crippen LogP contribution in [0.1, 0.15) is 30.4 Å². The van der Waals surface area contributed by atoms with Gasteiger partial charge in [-0.15, -0.1) is 0 Å². The fourth-order valence-corrected chi connectivity index (χ4v) is 3.55. The van der Waals surface area contributed by atoms with Gasteiger partial charge in [0.25, 0.3) is 0 Å². The van der Waals surface area contributed by atoms with Gasteiger partial charge in [-0.1, -0.05) is 12.5 Å². The van der Waals surface area contributed by atoms with Gasteiger partial charge >= 0.3 is 0 Å². The number of nitrogens with zero attached hydrogens (tertiary/aromatic N) is 2. The minimum Gasteiger partial charge on any atom is -0.355 e. The molecule has 0 radical (unpaired) electrons. The number of halogens is 1. The number of hydrogen-bond donors (Lipinski definition) is 2. The Hall–Kier alpha value is -1.27. The first-order valence-electron chi connectivity index (χ1n) is 8.66. The summed E-state index contributed by atoms with van der Waals surface area (Å²) in [5, 5.41) is 6.70. The van der Waals surface area contributed by atoms with Gasteiger partial charge < -0.3 is 15.5 Å². The predicted octanol–water partition coefficient (Wildman–Crippen LogP) is 2.84. The van der Waals surface area contributed by atoms with Crippen LogP contribution in [-0.4, -0.2) is 50.3 Å². The zero-order chi connectivity index (χ0) is 17.2. The number of piperidine rings is 1. The number of thioether (sulfide) groups is 1. The van der Waals surface area contributed by atoms with Gasteiger partial charge in [-0.25, -0.2) is 4.39 Å². The lowest BCUT2D eigenvalue weighted by Crippen LogP contribution is -2.42. The Morgan fingerprint density at radius 2 is 2.00 bits per heavy atom. The van der Waals surface area contributed by atoms with Crippen molar-refractivity contribution in [2.75, 3.05) is 39.5 Å². The molecule has 2 N–H and O–H groups in total. The van der Waals surface area contributed by atoms with E-state index in [2.05, 4.69) is 20.5 Å². The molecule has 0 bridgehead atoms. The van der Waals surface area contributed by atoms with Crippen molar-refractivity contribution in [3.8, 4) is 0 Å². The van der Waals surface area contributed by atoms with Crippen LogP contribution in [0.25, 0.3) is 0 Å². The van der Waals surface area contributed by atoms with Crippen LogP contribution in [-0.2, 0) is 12.3 Å². The molecular weight excluding hydrogens is 323 g/mol. The summed E-state index contributed by atoms with van der Waals surface area (Å²) in [5.41, 5.74) is 2.16. The van der Waals surface area contributed by atoms with Crippen LogP contribution in [0.4, 0.5) is 4.39 Å². The van der Waals surface area contributed by atoms with E-state index in [9.17, 15) is 4.39 Å². The van der Waals surface area contributed by atoms with E-state index in [-0.39, 0.29) is 5.82 Å². The Kier molecular flexibility index (Phi) is 8.39. The van der Waals surface area contributed by atoms with Gasteiger partial charge in [0.2, 0.25) is 0 Å². The van der Waals surface area contributed by atoms with Crippen molar-refractivity contribution in [2.45, 2.75) is 31.6 Å². The average Bonchev–Trinajstić information content (AvgIpc) is 2.60. The average molecular weight is 353 g/mol. The summed E-state index contributed by atoms with van der Waals surface area (Å²) in [5.74, 6) is 1.44. The highest BCUT2D eigenvalue weighted by atomic mass is 32.2. The standard InChI is InChI=1S/C18H29FN4S/c1-20-18(21-8-11-23-9-4-3-5-10-23)22-13-15-6-7-17(19)12-16(15)14-24-2/h6-7,12H,3-5,8-11,13-14H2,1-2H3,(H2,20,21,22). The van der Waals surface area contributed by atoms with E-state index in [4.69, 9.17) is 0 Å². The maximum absolute atomic E-state index is 13.4. The Balaban J connectivity index is 1.78. The third-order valence-corrected chi connectivity index (χ3v) is 4.91. The molecule has 1 aliphatic heterocycles. The Morgan fingerprint density at radius 1 is 1.21 bits per heavy atom. The maximum Gasteiger partial charge on any atom is 0.191 e. The Bertz CT molecular complexity index is 530. The largest absolute Gasteiger partial charge is 0.355 e. The molecule has 2 rings (SSSR count). The summed E-state index contributed by atoms with van der Waals surface area (Å²) in [6, 6.07) is 5.00. The third kappa shape index (κ3) is 6.32. The van der Waals surface area contributed by atoms with E-state index in [0.717, 1.165) is 35.9 Å². The fourth-order valence-electron chi connectivity index (χ4n) is 2.97. The van der Waals surface area contributed by atoms with Crippen molar-refractivity contribution in [3.63, 3.8) is 0 Å².